The maximum atomic E-state index is 13.7. The minimum atomic E-state index is -0.370. The molecule has 138 valence electrons. The number of hydrogen-bond donors (Lipinski definition) is 1. The van der Waals surface area contributed by atoms with Crippen molar-refractivity contribution in [1.82, 2.24) is 14.8 Å². The van der Waals surface area contributed by atoms with E-state index in [2.05, 4.69) is 39.7 Å². The predicted molar refractivity (Wildman–Crippen MR) is 101 cm³/mol. The van der Waals surface area contributed by atoms with Crippen LogP contribution in [0, 0.1) is 5.82 Å². The summed E-state index contributed by atoms with van der Waals surface area (Å²) in [4.78, 5) is 16.1. The number of rotatable bonds is 6. The molecule has 4 rings (SSSR count). The van der Waals surface area contributed by atoms with E-state index in [4.69, 9.17) is 0 Å². The van der Waals surface area contributed by atoms with Crippen molar-refractivity contribution in [2.24, 2.45) is 0 Å². The minimum absolute atomic E-state index is 0.0149. The number of nitrogens with zero attached hydrogens (tertiary/aromatic N) is 3. The molecule has 6 heteroatoms. The molecule has 0 unspecified atom stereocenters. The average molecular weight is 364 g/mol. The van der Waals surface area contributed by atoms with Crippen LogP contribution in [0.2, 0.25) is 0 Å². The molecule has 1 N–H and O–H groups in total. The van der Waals surface area contributed by atoms with Gasteiger partial charge in [-0.3, -0.25) is 9.69 Å². The molecular formula is C21H21FN4O. The third kappa shape index (κ3) is 4.06. The molecule has 0 bridgehead atoms. The molecule has 2 heterocycles. The van der Waals surface area contributed by atoms with E-state index < -0.39 is 0 Å². The van der Waals surface area contributed by atoms with Gasteiger partial charge in [0.15, 0.2) is 0 Å². The van der Waals surface area contributed by atoms with Crippen LogP contribution in [0.25, 0.3) is 0 Å². The summed E-state index contributed by atoms with van der Waals surface area (Å²) in [7, 11) is 0. The zero-order chi connectivity index (χ0) is 18.6. The summed E-state index contributed by atoms with van der Waals surface area (Å²) in [5.74, 6) is -0.654. The van der Waals surface area contributed by atoms with Crippen LogP contribution in [0.3, 0.4) is 0 Å². The molecule has 0 saturated heterocycles. The second-order valence-corrected chi connectivity index (χ2v) is 6.78. The second-order valence-electron chi connectivity index (χ2n) is 6.78. The molecule has 1 aliphatic heterocycles. The summed E-state index contributed by atoms with van der Waals surface area (Å²) in [6, 6.07) is 16.7. The van der Waals surface area contributed by atoms with Crippen molar-refractivity contribution in [3.05, 3.63) is 89.0 Å². The smallest absolute Gasteiger partial charge is 0.244 e. The largest absolute Gasteiger partial charge is 0.293 e. The SMILES string of the molecule is O=C(Cc1ccccc1F)Nn1ncc2c1CN(CCc1ccccc1)C2. The molecule has 0 saturated carbocycles. The normalized spacial score (nSPS) is 13.5. The third-order valence-corrected chi connectivity index (χ3v) is 4.82. The third-order valence-electron chi connectivity index (χ3n) is 4.82. The first-order chi connectivity index (χ1) is 13.2. The average Bonchev–Trinajstić information content (AvgIpc) is 3.24. The minimum Gasteiger partial charge on any atom is -0.293 e. The monoisotopic (exact) mass is 364 g/mol. The number of fused-ring (bicyclic) bond motifs is 1. The highest BCUT2D eigenvalue weighted by Gasteiger charge is 2.24. The van der Waals surface area contributed by atoms with Gasteiger partial charge < -0.3 is 0 Å². The lowest BCUT2D eigenvalue weighted by molar-refractivity contribution is -0.116. The Morgan fingerprint density at radius 3 is 2.67 bits per heavy atom. The predicted octanol–water partition coefficient (Wildman–Crippen LogP) is 2.89. The van der Waals surface area contributed by atoms with Crippen LogP contribution in [0.15, 0.2) is 60.8 Å². The van der Waals surface area contributed by atoms with Crippen LogP contribution in [0.4, 0.5) is 4.39 Å². The quantitative estimate of drug-likeness (QED) is 0.732. The van der Waals surface area contributed by atoms with E-state index in [1.807, 2.05) is 6.07 Å². The summed E-state index contributed by atoms with van der Waals surface area (Å²) >= 11 is 0. The van der Waals surface area contributed by atoms with E-state index in [9.17, 15) is 9.18 Å². The molecular weight excluding hydrogens is 343 g/mol. The van der Waals surface area contributed by atoms with E-state index >= 15 is 0 Å². The van der Waals surface area contributed by atoms with Gasteiger partial charge in [0.05, 0.1) is 18.3 Å². The standard InChI is InChI=1S/C21H21FN4O/c22-19-9-5-4-8-17(19)12-21(27)24-26-20-15-25(14-18(20)13-23-26)11-10-16-6-2-1-3-7-16/h1-9,13H,10-12,14-15H2,(H,24,27). The lowest BCUT2D eigenvalue weighted by atomic mass is 10.1. The van der Waals surface area contributed by atoms with E-state index in [-0.39, 0.29) is 18.1 Å². The maximum Gasteiger partial charge on any atom is 0.244 e. The van der Waals surface area contributed by atoms with Crippen molar-refractivity contribution in [3.63, 3.8) is 0 Å². The summed E-state index contributed by atoms with van der Waals surface area (Å²) < 4.78 is 13.7. The van der Waals surface area contributed by atoms with Crippen molar-refractivity contribution in [1.29, 1.82) is 0 Å². The number of nitrogens with one attached hydrogen (secondary N) is 1. The second kappa shape index (κ2) is 7.72. The Hall–Kier alpha value is -2.99. The number of benzene rings is 2. The fourth-order valence-electron chi connectivity index (χ4n) is 3.38. The lowest BCUT2D eigenvalue weighted by Crippen LogP contribution is -2.28. The lowest BCUT2D eigenvalue weighted by Gasteiger charge is -2.15. The van der Waals surface area contributed by atoms with Gasteiger partial charge in [-0.25, -0.2) is 9.82 Å². The fourth-order valence-corrected chi connectivity index (χ4v) is 3.38. The van der Waals surface area contributed by atoms with E-state index in [0.29, 0.717) is 5.56 Å². The molecule has 27 heavy (non-hydrogen) atoms. The van der Waals surface area contributed by atoms with E-state index in [1.165, 1.54) is 16.4 Å². The maximum absolute atomic E-state index is 13.7. The van der Waals surface area contributed by atoms with Gasteiger partial charge in [-0.05, 0) is 23.6 Å². The molecule has 5 nitrogen and oxygen atoms in total. The number of aromatic nitrogens is 2. The number of carbonyl (C=O) groups is 1. The topological polar surface area (TPSA) is 50.2 Å². The van der Waals surface area contributed by atoms with Crippen LogP contribution in [-0.4, -0.2) is 27.2 Å². The Balaban J connectivity index is 1.35. The van der Waals surface area contributed by atoms with E-state index in [1.54, 1.807) is 24.4 Å². The Morgan fingerprint density at radius 1 is 1.07 bits per heavy atom. The van der Waals surface area contributed by atoms with Crippen molar-refractivity contribution in [3.8, 4) is 0 Å². The fraction of sp³-hybridized carbons (Fsp3) is 0.238. The van der Waals surface area contributed by atoms with Crippen LogP contribution in [0.1, 0.15) is 22.4 Å². The highest BCUT2D eigenvalue weighted by Crippen LogP contribution is 2.22. The van der Waals surface area contributed by atoms with Gasteiger partial charge in [0, 0.05) is 25.2 Å². The summed E-state index contributed by atoms with van der Waals surface area (Å²) in [6.45, 7) is 2.51. The van der Waals surface area contributed by atoms with Crippen LogP contribution in [-0.2, 0) is 30.7 Å². The Bertz CT molecular complexity index is 938. The van der Waals surface area contributed by atoms with Gasteiger partial charge in [0.2, 0.25) is 5.91 Å². The van der Waals surface area contributed by atoms with Crippen molar-refractivity contribution in [2.45, 2.75) is 25.9 Å². The Labute approximate surface area is 157 Å². The van der Waals surface area contributed by atoms with Crippen LogP contribution in [0.5, 0.6) is 0 Å². The van der Waals surface area contributed by atoms with Gasteiger partial charge in [0.25, 0.3) is 0 Å². The van der Waals surface area contributed by atoms with E-state index in [0.717, 1.165) is 37.3 Å². The van der Waals surface area contributed by atoms with Crippen LogP contribution >= 0.6 is 0 Å². The van der Waals surface area contributed by atoms with Gasteiger partial charge in [-0.1, -0.05) is 48.5 Å². The highest BCUT2D eigenvalue weighted by molar-refractivity contribution is 5.85. The van der Waals surface area contributed by atoms with Gasteiger partial charge in [-0.15, -0.1) is 0 Å². The van der Waals surface area contributed by atoms with Crippen LogP contribution < -0.4 is 5.43 Å². The van der Waals surface area contributed by atoms with Gasteiger partial charge in [0.1, 0.15) is 5.82 Å². The molecule has 0 atom stereocenters. The van der Waals surface area contributed by atoms with Crippen molar-refractivity contribution < 1.29 is 9.18 Å². The Kier molecular flexibility index (Phi) is 4.98. The molecule has 1 aliphatic rings. The zero-order valence-corrected chi connectivity index (χ0v) is 14.9. The molecule has 2 aromatic carbocycles. The Morgan fingerprint density at radius 2 is 1.85 bits per heavy atom. The number of hydrogen-bond acceptors (Lipinski definition) is 3. The summed E-state index contributed by atoms with van der Waals surface area (Å²) in [6.07, 6.45) is 2.76. The molecule has 1 aromatic heterocycles. The first-order valence-corrected chi connectivity index (χ1v) is 9.04. The summed E-state index contributed by atoms with van der Waals surface area (Å²) in [5.41, 5.74) is 6.57. The number of halogens is 1. The van der Waals surface area contributed by atoms with Crippen molar-refractivity contribution in [2.75, 3.05) is 12.0 Å². The number of amides is 1. The first-order valence-electron chi connectivity index (χ1n) is 9.04. The molecule has 1 amide bonds. The van der Waals surface area contributed by atoms with Gasteiger partial charge in [-0.2, -0.15) is 9.89 Å². The van der Waals surface area contributed by atoms with Crippen molar-refractivity contribution >= 4 is 5.91 Å². The number of carbonyl (C=O) groups excluding carboxylic acids is 1. The molecule has 0 spiro atoms. The van der Waals surface area contributed by atoms with Gasteiger partial charge >= 0.3 is 0 Å². The highest BCUT2D eigenvalue weighted by atomic mass is 19.1. The summed E-state index contributed by atoms with van der Waals surface area (Å²) in [5, 5.41) is 4.26. The molecule has 3 aromatic rings. The molecule has 0 fully saturated rings. The first kappa shape index (κ1) is 17.4. The molecule has 0 radical (unpaired) electrons. The molecule has 0 aliphatic carbocycles. The zero-order valence-electron chi connectivity index (χ0n) is 14.9.